The fraction of sp³-hybridized carbons (Fsp3) is 0.231. The lowest BCUT2D eigenvalue weighted by molar-refractivity contribution is 0.102. The van der Waals surface area contributed by atoms with E-state index in [0.29, 0.717) is 40.8 Å². The molecule has 0 aliphatic heterocycles. The summed E-state index contributed by atoms with van der Waals surface area (Å²) in [6, 6.07) is 6.74. The van der Waals surface area contributed by atoms with Crippen LogP contribution in [-0.4, -0.2) is 29.1 Å². The highest BCUT2D eigenvalue weighted by molar-refractivity contribution is 7.14. The van der Waals surface area contributed by atoms with Gasteiger partial charge in [-0.15, -0.1) is 0 Å². The van der Waals surface area contributed by atoms with E-state index >= 15 is 0 Å². The Balaban J connectivity index is 1.67. The molecule has 0 atom stereocenters. The first-order valence-electron chi connectivity index (χ1n) is 11.2. The number of thiazole rings is 1. The summed E-state index contributed by atoms with van der Waals surface area (Å²) >= 11 is 1.17. The first-order chi connectivity index (χ1) is 17.7. The summed E-state index contributed by atoms with van der Waals surface area (Å²) in [6.45, 7) is 3.25. The van der Waals surface area contributed by atoms with Crippen molar-refractivity contribution in [1.82, 2.24) is 10.3 Å². The van der Waals surface area contributed by atoms with Crippen LogP contribution in [0.1, 0.15) is 46.5 Å². The molecule has 3 aromatic rings. The summed E-state index contributed by atoms with van der Waals surface area (Å²) in [5.41, 5.74) is -0.600. The van der Waals surface area contributed by atoms with Crippen LogP contribution in [-0.2, 0) is 11.2 Å². The third kappa shape index (κ3) is 7.61. The van der Waals surface area contributed by atoms with Gasteiger partial charge in [-0.3, -0.25) is 10.1 Å². The maximum absolute atomic E-state index is 13.1. The lowest BCUT2D eigenvalue weighted by atomic mass is 10.0. The van der Waals surface area contributed by atoms with E-state index in [1.54, 1.807) is 19.1 Å². The molecule has 0 unspecified atom stereocenters. The molecule has 0 saturated carbocycles. The van der Waals surface area contributed by atoms with Crippen LogP contribution in [0.5, 0.6) is 16.7 Å². The molecule has 0 aliphatic carbocycles. The molecule has 2 N–H and O–H groups in total. The van der Waals surface area contributed by atoms with Crippen molar-refractivity contribution >= 4 is 29.3 Å². The number of carbonyl (C=O) groups is 2. The number of methoxy groups -OCH3 is 1. The Kier molecular flexibility index (Phi) is 9.33. The van der Waals surface area contributed by atoms with Crippen molar-refractivity contribution in [2.75, 3.05) is 7.11 Å². The molecule has 2 aromatic heterocycles. The topological polar surface area (TPSA) is 128 Å². The molecule has 3 rings (SSSR count). The van der Waals surface area contributed by atoms with Gasteiger partial charge in [0.2, 0.25) is 0 Å². The van der Waals surface area contributed by atoms with Gasteiger partial charge in [0.25, 0.3) is 5.19 Å². The van der Waals surface area contributed by atoms with E-state index in [0.717, 1.165) is 0 Å². The number of allylic oxidation sites excluding steroid dienone is 2. The molecule has 194 valence electrons. The summed E-state index contributed by atoms with van der Waals surface area (Å²) in [7, 11) is 1.26. The zero-order chi connectivity index (χ0) is 26.9. The monoisotopic (exact) mass is 528 g/mol. The largest absolute Gasteiger partial charge is 0.507 e. The van der Waals surface area contributed by atoms with E-state index in [2.05, 4.69) is 15.0 Å². The van der Waals surface area contributed by atoms with E-state index < -0.39 is 28.8 Å². The number of rotatable bonds is 10. The zero-order valence-electron chi connectivity index (χ0n) is 20.4. The van der Waals surface area contributed by atoms with Crippen LogP contribution in [0.2, 0.25) is 0 Å². The molecule has 9 nitrogen and oxygen atoms in total. The van der Waals surface area contributed by atoms with Gasteiger partial charge in [0, 0.05) is 18.7 Å². The molecular weight excluding hydrogens is 503 g/mol. The lowest BCUT2D eigenvalue weighted by Crippen LogP contribution is -2.16. The van der Waals surface area contributed by atoms with Crippen LogP contribution < -0.4 is 15.7 Å². The number of Topliss-reactive ketones (excluding diaryl/α,β-unsaturated/α-hetero) is 1. The Hall–Kier alpha value is -4.25. The van der Waals surface area contributed by atoms with Gasteiger partial charge in [-0.1, -0.05) is 17.4 Å². The van der Waals surface area contributed by atoms with Gasteiger partial charge in [0.05, 0.1) is 17.7 Å². The average Bonchev–Trinajstić information content (AvgIpc) is 3.20. The van der Waals surface area contributed by atoms with Crippen molar-refractivity contribution in [2.45, 2.75) is 33.1 Å². The number of benzene rings is 1. The van der Waals surface area contributed by atoms with Gasteiger partial charge >= 0.3 is 11.7 Å². The van der Waals surface area contributed by atoms with Crippen LogP contribution in [0.3, 0.4) is 0 Å². The van der Waals surface area contributed by atoms with Gasteiger partial charge in [-0.25, -0.2) is 19.0 Å². The standard InChI is InChI=1S/C26H25FN2O7S/c1-15(13-21-16(2)29-26(37-21)36-18-10-8-17(27)9-11-18)23(31)22-20(30)14-19(35-24(22)32)7-5-4-6-12-28-25(33)34-3/h6,8-14,30H,4-5,7H2,1-3H3,(H,28,33)/b12-6+,15-13+. The summed E-state index contributed by atoms with van der Waals surface area (Å²) in [5.74, 6) is -0.883. The minimum absolute atomic E-state index is 0.193. The number of carbonyl (C=O) groups excluding carboxylic acids is 2. The molecule has 1 amide bonds. The summed E-state index contributed by atoms with van der Waals surface area (Å²) in [6.07, 6.45) is 5.59. The molecule has 1 aromatic carbocycles. The third-order valence-corrected chi connectivity index (χ3v) is 6.03. The van der Waals surface area contributed by atoms with Gasteiger partial charge in [-0.2, -0.15) is 0 Å². The van der Waals surface area contributed by atoms with E-state index in [4.69, 9.17) is 9.15 Å². The number of hydrogen-bond donors (Lipinski definition) is 2. The van der Waals surface area contributed by atoms with Crippen molar-refractivity contribution in [3.63, 3.8) is 0 Å². The molecule has 37 heavy (non-hydrogen) atoms. The third-order valence-electron chi connectivity index (χ3n) is 5.04. The number of unbranched alkanes of at least 4 members (excludes halogenated alkanes) is 1. The average molecular weight is 529 g/mol. The normalized spacial score (nSPS) is 11.5. The fourth-order valence-electron chi connectivity index (χ4n) is 3.15. The molecule has 0 spiro atoms. The number of hydrogen-bond acceptors (Lipinski definition) is 9. The lowest BCUT2D eigenvalue weighted by Gasteiger charge is -2.05. The summed E-state index contributed by atoms with van der Waals surface area (Å²) in [5, 5.41) is 13.1. The molecule has 2 heterocycles. The SMILES string of the molecule is COC(=O)N/C=C/CCCc1cc(O)c(C(=O)/C(C)=C/c2sc(Oc3ccc(F)cc3)nc2C)c(=O)o1. The van der Waals surface area contributed by atoms with Gasteiger partial charge in [-0.05, 0) is 62.6 Å². The van der Waals surface area contributed by atoms with E-state index in [9.17, 15) is 23.9 Å². The first kappa shape index (κ1) is 27.3. The number of amides is 1. The maximum atomic E-state index is 13.1. The van der Waals surface area contributed by atoms with E-state index in [1.807, 2.05) is 0 Å². The van der Waals surface area contributed by atoms with Crippen LogP contribution >= 0.6 is 11.3 Å². The number of nitrogens with one attached hydrogen (secondary N) is 1. The number of nitrogens with zero attached hydrogens (tertiary/aromatic N) is 1. The molecule has 11 heteroatoms. The van der Waals surface area contributed by atoms with Crippen molar-refractivity contribution in [1.29, 1.82) is 0 Å². The quantitative estimate of drug-likeness (QED) is 0.200. The molecule has 0 aliphatic rings. The van der Waals surface area contributed by atoms with E-state index in [-0.39, 0.29) is 17.2 Å². The number of ketones is 1. The second-order valence-corrected chi connectivity index (χ2v) is 8.83. The molecule has 0 saturated heterocycles. The second-order valence-electron chi connectivity index (χ2n) is 7.83. The highest BCUT2D eigenvalue weighted by atomic mass is 32.1. The Bertz CT molecular complexity index is 1390. The van der Waals surface area contributed by atoms with E-state index in [1.165, 1.54) is 61.9 Å². The predicted octanol–water partition coefficient (Wildman–Crippen LogP) is 5.52. The predicted molar refractivity (Wildman–Crippen MR) is 136 cm³/mol. The van der Waals surface area contributed by atoms with Crippen molar-refractivity contribution in [3.8, 4) is 16.7 Å². The van der Waals surface area contributed by atoms with Crippen molar-refractivity contribution in [2.24, 2.45) is 0 Å². The van der Waals surface area contributed by atoms with Crippen molar-refractivity contribution < 1.29 is 33.0 Å². The van der Waals surface area contributed by atoms with Crippen LogP contribution in [0.4, 0.5) is 9.18 Å². The Morgan fingerprint density at radius 2 is 2.00 bits per heavy atom. The molecular formula is C26H25FN2O7S. The van der Waals surface area contributed by atoms with Crippen molar-refractivity contribution in [3.05, 3.63) is 86.3 Å². The van der Waals surface area contributed by atoms with Crippen LogP contribution in [0.15, 0.2) is 57.4 Å². The zero-order valence-corrected chi connectivity index (χ0v) is 21.2. The molecule has 0 bridgehead atoms. The summed E-state index contributed by atoms with van der Waals surface area (Å²) in [4.78, 5) is 41.3. The Morgan fingerprint density at radius 3 is 2.68 bits per heavy atom. The number of aromatic hydroxyl groups is 1. The summed E-state index contributed by atoms with van der Waals surface area (Å²) < 4.78 is 28.4. The Labute approximate surface area is 215 Å². The van der Waals surface area contributed by atoms with Crippen LogP contribution in [0, 0.1) is 12.7 Å². The second kappa shape index (κ2) is 12.6. The number of halogens is 1. The minimum atomic E-state index is -0.933. The highest BCUT2D eigenvalue weighted by Gasteiger charge is 2.21. The van der Waals surface area contributed by atoms with Gasteiger partial charge < -0.3 is 19.0 Å². The van der Waals surface area contributed by atoms with Crippen LogP contribution in [0.25, 0.3) is 6.08 Å². The first-order valence-corrected chi connectivity index (χ1v) is 12.0. The van der Waals surface area contributed by atoms with Gasteiger partial charge in [0.1, 0.15) is 28.6 Å². The molecule has 0 fully saturated rings. The highest BCUT2D eigenvalue weighted by Crippen LogP contribution is 2.31. The smallest absolute Gasteiger partial charge is 0.410 e. The maximum Gasteiger partial charge on any atom is 0.410 e. The van der Waals surface area contributed by atoms with Gasteiger partial charge in [0.15, 0.2) is 5.78 Å². The molecule has 0 radical (unpaired) electrons. The number of aromatic nitrogens is 1. The number of aryl methyl sites for hydroxylation is 2. The fourth-order valence-corrected chi connectivity index (χ4v) is 4.09. The number of alkyl carbamates (subject to hydrolysis) is 1. The minimum Gasteiger partial charge on any atom is -0.507 e. The number of ether oxygens (including phenoxy) is 2. The Morgan fingerprint density at radius 1 is 1.27 bits per heavy atom.